The van der Waals surface area contributed by atoms with Crippen molar-refractivity contribution in [3.05, 3.63) is 72.7 Å². The zero-order chi connectivity index (χ0) is 21.8. The van der Waals surface area contributed by atoms with Crippen molar-refractivity contribution < 1.29 is 9.53 Å². The Morgan fingerprint density at radius 2 is 1.97 bits per heavy atom. The maximum Gasteiger partial charge on any atom is 0.320 e. The lowest BCUT2D eigenvalue weighted by atomic mass is 10.1. The third kappa shape index (κ3) is 4.60. The molecule has 1 aliphatic rings. The number of ether oxygens (including phenoxy) is 1. The largest absolute Gasteiger partial charge is 0.371 e. The molecule has 3 aromatic heterocycles. The highest BCUT2D eigenvalue weighted by Gasteiger charge is 2.29. The molecule has 1 fully saturated rings. The van der Waals surface area contributed by atoms with Gasteiger partial charge < -0.3 is 10.1 Å². The summed E-state index contributed by atoms with van der Waals surface area (Å²) in [6.45, 7) is 0.545. The van der Waals surface area contributed by atoms with Crippen molar-refractivity contribution in [3.63, 3.8) is 0 Å². The van der Waals surface area contributed by atoms with Gasteiger partial charge in [0, 0.05) is 23.5 Å². The molecule has 1 aliphatic carbocycles. The standard InChI is InChI=1S/C24H24N6O2/c31-24(29-20-7-4-8-22(20)32-15-16-5-2-1-3-6-16)30-23-10-9-19-21(28-23)11-17(12-25-19)18-13-26-27-14-18/h1-3,5-6,9-14,20,22H,4,7-8,15H2,(H,26,27)(H2,28,29,30,31)/t20-,22-/m0/s1. The van der Waals surface area contributed by atoms with Crippen molar-refractivity contribution in [1.82, 2.24) is 25.5 Å². The number of carbonyl (C=O) groups is 1. The molecule has 32 heavy (non-hydrogen) atoms. The smallest absolute Gasteiger partial charge is 0.320 e. The first kappa shape index (κ1) is 20.1. The Bertz CT molecular complexity index is 1200. The molecule has 4 aromatic rings. The van der Waals surface area contributed by atoms with Crippen LogP contribution >= 0.6 is 0 Å². The maximum absolute atomic E-state index is 12.6. The maximum atomic E-state index is 12.6. The van der Waals surface area contributed by atoms with Crippen LogP contribution in [0.3, 0.4) is 0 Å². The van der Waals surface area contributed by atoms with Crippen LogP contribution in [0.1, 0.15) is 24.8 Å². The number of aromatic nitrogens is 4. The van der Waals surface area contributed by atoms with Crippen molar-refractivity contribution in [3.8, 4) is 11.1 Å². The molecule has 0 aliphatic heterocycles. The SMILES string of the molecule is O=C(Nc1ccc2ncc(-c3cn[nH]c3)cc2n1)N[C@H]1CCC[C@@H]1OCc1ccccc1. The minimum Gasteiger partial charge on any atom is -0.371 e. The Balaban J connectivity index is 1.22. The number of carbonyl (C=O) groups excluding carboxylic acids is 1. The zero-order valence-electron chi connectivity index (χ0n) is 17.5. The topological polar surface area (TPSA) is 105 Å². The molecular weight excluding hydrogens is 404 g/mol. The molecule has 3 heterocycles. The minimum absolute atomic E-state index is 0.00670. The first-order valence-corrected chi connectivity index (χ1v) is 10.7. The third-order valence-corrected chi connectivity index (χ3v) is 5.69. The summed E-state index contributed by atoms with van der Waals surface area (Å²) in [6, 6.07) is 15.3. The lowest BCUT2D eigenvalue weighted by Gasteiger charge is -2.21. The number of benzene rings is 1. The van der Waals surface area contributed by atoms with E-state index in [1.165, 1.54) is 0 Å². The predicted molar refractivity (Wildman–Crippen MR) is 122 cm³/mol. The molecule has 162 valence electrons. The lowest BCUT2D eigenvalue weighted by molar-refractivity contribution is 0.0305. The molecule has 0 spiro atoms. The van der Waals surface area contributed by atoms with Crippen molar-refractivity contribution in [1.29, 1.82) is 0 Å². The highest BCUT2D eigenvalue weighted by molar-refractivity contribution is 5.90. The fourth-order valence-corrected chi connectivity index (χ4v) is 4.03. The van der Waals surface area contributed by atoms with Gasteiger partial charge >= 0.3 is 6.03 Å². The summed E-state index contributed by atoms with van der Waals surface area (Å²) in [5, 5.41) is 12.7. The van der Waals surface area contributed by atoms with Crippen LogP contribution < -0.4 is 10.6 Å². The predicted octanol–water partition coefficient (Wildman–Crippen LogP) is 4.28. The van der Waals surface area contributed by atoms with Gasteiger partial charge in [-0.3, -0.25) is 15.4 Å². The van der Waals surface area contributed by atoms with Gasteiger partial charge in [-0.05, 0) is 43.0 Å². The number of nitrogens with one attached hydrogen (secondary N) is 3. The zero-order valence-corrected chi connectivity index (χ0v) is 17.5. The minimum atomic E-state index is -0.281. The quantitative estimate of drug-likeness (QED) is 0.425. The van der Waals surface area contributed by atoms with Crippen LogP contribution in [0.15, 0.2) is 67.1 Å². The molecule has 5 rings (SSSR count). The van der Waals surface area contributed by atoms with Crippen molar-refractivity contribution >= 4 is 22.9 Å². The van der Waals surface area contributed by atoms with Crippen LogP contribution in [0.4, 0.5) is 10.6 Å². The fourth-order valence-electron chi connectivity index (χ4n) is 4.03. The van der Waals surface area contributed by atoms with Gasteiger partial charge in [-0.2, -0.15) is 5.10 Å². The number of aromatic amines is 1. The number of rotatable bonds is 6. The summed E-state index contributed by atoms with van der Waals surface area (Å²) in [6.07, 6.45) is 8.19. The number of hydrogen-bond acceptors (Lipinski definition) is 5. The number of urea groups is 1. The number of amides is 2. The normalized spacial score (nSPS) is 18.0. The third-order valence-electron chi connectivity index (χ3n) is 5.69. The molecule has 2 atom stereocenters. The Labute approximate surface area is 185 Å². The van der Waals surface area contributed by atoms with Crippen molar-refractivity contribution in [2.24, 2.45) is 0 Å². The van der Waals surface area contributed by atoms with E-state index in [-0.39, 0.29) is 18.2 Å². The van der Waals surface area contributed by atoms with E-state index in [1.807, 2.05) is 42.5 Å². The average Bonchev–Trinajstić information content (AvgIpc) is 3.50. The summed E-state index contributed by atoms with van der Waals surface area (Å²) in [5.74, 6) is 0.473. The summed E-state index contributed by atoms with van der Waals surface area (Å²) in [5.41, 5.74) is 4.43. The molecule has 0 saturated heterocycles. The Morgan fingerprint density at radius 1 is 1.06 bits per heavy atom. The second-order valence-corrected chi connectivity index (χ2v) is 7.92. The van der Waals surface area contributed by atoms with Gasteiger partial charge in [0.15, 0.2) is 0 Å². The molecule has 8 nitrogen and oxygen atoms in total. The molecular formula is C24H24N6O2. The Kier molecular flexibility index (Phi) is 5.76. The van der Waals surface area contributed by atoms with Gasteiger partial charge in [-0.25, -0.2) is 9.78 Å². The lowest BCUT2D eigenvalue weighted by Crippen LogP contribution is -2.43. The summed E-state index contributed by atoms with van der Waals surface area (Å²) in [4.78, 5) is 21.6. The van der Waals surface area contributed by atoms with Gasteiger partial charge in [0.1, 0.15) is 5.82 Å². The number of anilines is 1. The number of H-pyrrole nitrogens is 1. The van der Waals surface area contributed by atoms with Gasteiger partial charge in [0.2, 0.25) is 0 Å². The summed E-state index contributed by atoms with van der Waals surface area (Å²) < 4.78 is 6.08. The Morgan fingerprint density at radius 3 is 2.81 bits per heavy atom. The van der Waals surface area contributed by atoms with E-state index in [2.05, 4.69) is 30.8 Å². The van der Waals surface area contributed by atoms with Crippen LogP contribution in [0.25, 0.3) is 22.2 Å². The second-order valence-electron chi connectivity index (χ2n) is 7.92. The monoisotopic (exact) mass is 428 g/mol. The van der Waals surface area contributed by atoms with Crippen LogP contribution in [-0.4, -0.2) is 38.3 Å². The van der Waals surface area contributed by atoms with Gasteiger partial charge in [-0.15, -0.1) is 0 Å². The molecule has 0 bridgehead atoms. The molecule has 3 N–H and O–H groups in total. The number of nitrogens with zero attached hydrogens (tertiary/aromatic N) is 3. The van der Waals surface area contributed by atoms with Crippen LogP contribution in [-0.2, 0) is 11.3 Å². The second kappa shape index (κ2) is 9.15. The molecule has 1 saturated carbocycles. The molecule has 2 amide bonds. The summed E-state index contributed by atoms with van der Waals surface area (Å²) in [7, 11) is 0. The van der Waals surface area contributed by atoms with E-state index in [9.17, 15) is 4.79 Å². The van der Waals surface area contributed by atoms with Gasteiger partial charge in [0.05, 0.1) is 36.0 Å². The number of hydrogen-bond donors (Lipinski definition) is 3. The van der Waals surface area contributed by atoms with E-state index in [0.717, 1.165) is 41.5 Å². The van der Waals surface area contributed by atoms with Gasteiger partial charge in [0.25, 0.3) is 0 Å². The average molecular weight is 428 g/mol. The van der Waals surface area contributed by atoms with E-state index in [4.69, 9.17) is 4.74 Å². The van der Waals surface area contributed by atoms with Crippen molar-refractivity contribution in [2.45, 2.75) is 38.0 Å². The number of pyridine rings is 2. The molecule has 0 unspecified atom stereocenters. The highest BCUT2D eigenvalue weighted by Crippen LogP contribution is 2.24. The van der Waals surface area contributed by atoms with Crippen LogP contribution in [0.5, 0.6) is 0 Å². The van der Waals surface area contributed by atoms with E-state index in [1.54, 1.807) is 24.7 Å². The molecule has 8 heteroatoms. The number of fused-ring (bicyclic) bond motifs is 1. The van der Waals surface area contributed by atoms with Crippen LogP contribution in [0, 0.1) is 0 Å². The first-order valence-electron chi connectivity index (χ1n) is 10.7. The van der Waals surface area contributed by atoms with E-state index in [0.29, 0.717) is 17.9 Å². The first-order chi connectivity index (χ1) is 15.7. The molecule has 1 aromatic carbocycles. The van der Waals surface area contributed by atoms with Crippen molar-refractivity contribution in [2.75, 3.05) is 5.32 Å². The van der Waals surface area contributed by atoms with E-state index < -0.39 is 0 Å². The fraction of sp³-hybridized carbons (Fsp3) is 0.250. The van der Waals surface area contributed by atoms with Gasteiger partial charge in [-0.1, -0.05) is 30.3 Å². The van der Waals surface area contributed by atoms with Crippen LogP contribution in [0.2, 0.25) is 0 Å². The van der Waals surface area contributed by atoms with E-state index >= 15 is 0 Å². The molecule has 0 radical (unpaired) electrons. The Hall–Kier alpha value is -3.78. The highest BCUT2D eigenvalue weighted by atomic mass is 16.5. The summed E-state index contributed by atoms with van der Waals surface area (Å²) >= 11 is 0.